The highest BCUT2D eigenvalue weighted by Gasteiger charge is 2.52. The number of aliphatic hydroxyl groups is 10. The third-order valence-corrected chi connectivity index (χ3v) is 9.86. The van der Waals surface area contributed by atoms with Crippen LogP contribution in [0, 0.1) is 0 Å². The maximum atomic E-state index is 12.1. The summed E-state index contributed by atoms with van der Waals surface area (Å²) >= 11 is 0. The van der Waals surface area contributed by atoms with E-state index in [9.17, 15) is 76.0 Å². The Morgan fingerprint density at radius 2 is 1.22 bits per heavy atom. The van der Waals surface area contributed by atoms with Gasteiger partial charge in [-0.2, -0.15) is 0 Å². The van der Waals surface area contributed by atoms with E-state index in [0.29, 0.717) is 0 Å². The molecule has 0 unspecified atom stereocenters. The van der Waals surface area contributed by atoms with Gasteiger partial charge in [-0.25, -0.2) is 4.42 Å². The summed E-state index contributed by atoms with van der Waals surface area (Å²) in [5.41, 5.74) is -0.245. The average Bonchev–Trinajstić information content (AvgIpc) is 3.20. The Kier molecular flexibility index (Phi) is 13.8. The minimum atomic E-state index is -2.13. The van der Waals surface area contributed by atoms with Crippen LogP contribution in [0.5, 0.6) is 28.7 Å². The molecule has 24 nitrogen and oxygen atoms in total. The Labute approximate surface area is 336 Å². The van der Waals surface area contributed by atoms with Gasteiger partial charge in [0, 0.05) is 18.2 Å². The van der Waals surface area contributed by atoms with E-state index in [-0.39, 0.29) is 28.0 Å². The molecule has 15 atom stereocenters. The molecule has 3 aliphatic rings. The van der Waals surface area contributed by atoms with Crippen LogP contribution in [-0.2, 0) is 33.3 Å². The van der Waals surface area contributed by atoms with E-state index in [1.54, 1.807) is 0 Å². The lowest BCUT2D eigenvalue weighted by Gasteiger charge is -2.45. The molecule has 0 spiro atoms. The van der Waals surface area contributed by atoms with Crippen LogP contribution >= 0.6 is 0 Å². The average molecular weight is 860 g/mol. The highest BCUT2D eigenvalue weighted by molar-refractivity contribution is 5.90. The van der Waals surface area contributed by atoms with Crippen molar-refractivity contribution in [2.24, 2.45) is 0 Å². The number of phenolic OH excluding ortho intramolecular Hbond substituents is 3. The molecule has 2 aromatic carbocycles. The molecule has 330 valence electrons. The van der Waals surface area contributed by atoms with Crippen molar-refractivity contribution in [1.29, 1.82) is 0 Å². The van der Waals surface area contributed by atoms with Crippen molar-refractivity contribution in [3.8, 4) is 40.1 Å². The molecule has 6 rings (SSSR count). The molecule has 3 aromatic rings. The van der Waals surface area contributed by atoms with E-state index in [2.05, 4.69) is 0 Å². The number of hydrogen-bond acceptors (Lipinski definition) is 22. The van der Waals surface area contributed by atoms with Crippen molar-refractivity contribution < 1.29 is 119 Å². The Balaban J connectivity index is 1.44. The number of carboxylic acids is 1. The third kappa shape index (κ3) is 9.26. The molecule has 60 heavy (non-hydrogen) atoms. The summed E-state index contributed by atoms with van der Waals surface area (Å²) in [7, 11) is 0. The topological polar surface area (TPSA) is 393 Å². The molecule has 24 heteroatoms. The van der Waals surface area contributed by atoms with Crippen molar-refractivity contribution in [2.75, 3.05) is 19.8 Å². The van der Waals surface area contributed by atoms with Crippen molar-refractivity contribution in [3.05, 3.63) is 36.4 Å². The van der Waals surface area contributed by atoms with Crippen LogP contribution < -0.4 is 9.47 Å². The van der Waals surface area contributed by atoms with E-state index >= 15 is 0 Å². The Morgan fingerprint density at radius 1 is 0.633 bits per heavy atom. The molecule has 0 bridgehead atoms. The smallest absolute Gasteiger partial charge is 0.402 e. The number of carboxylic acid groups (broad SMARTS) is 1. The molecule has 3 saturated heterocycles. The summed E-state index contributed by atoms with van der Waals surface area (Å²) in [6.07, 6.45) is -29.0. The summed E-state index contributed by atoms with van der Waals surface area (Å²) in [5, 5.41) is 145. The lowest BCUT2D eigenvalue weighted by molar-refractivity contribution is -0.358. The molecule has 0 radical (unpaired) electrons. The fourth-order valence-electron chi connectivity index (χ4n) is 6.60. The van der Waals surface area contributed by atoms with Gasteiger partial charge in [0.2, 0.25) is 18.3 Å². The van der Waals surface area contributed by atoms with E-state index < -0.39 is 153 Å². The minimum Gasteiger partial charge on any atom is -0.507 e. The largest absolute Gasteiger partial charge is 0.507 e. The Hall–Kier alpha value is -4.77. The zero-order chi connectivity index (χ0) is 43.7. The van der Waals surface area contributed by atoms with Crippen LogP contribution in [0.25, 0.3) is 22.3 Å². The number of rotatable bonds is 13. The Morgan fingerprint density at radius 3 is 1.83 bits per heavy atom. The molecule has 0 saturated carbocycles. The second kappa shape index (κ2) is 18.5. The van der Waals surface area contributed by atoms with Crippen LogP contribution in [0.15, 0.2) is 40.8 Å². The number of aromatic hydroxyl groups is 3. The van der Waals surface area contributed by atoms with E-state index in [1.165, 1.54) is 6.07 Å². The normalized spacial score (nSPS) is 34.5. The van der Waals surface area contributed by atoms with Crippen molar-refractivity contribution >= 4 is 22.9 Å². The number of aliphatic carboxylic acids is 1. The van der Waals surface area contributed by atoms with E-state index in [0.717, 1.165) is 30.3 Å². The predicted molar refractivity (Wildman–Crippen MR) is 189 cm³/mol. The van der Waals surface area contributed by atoms with Gasteiger partial charge in [-0.3, -0.25) is 9.59 Å². The zero-order valence-corrected chi connectivity index (χ0v) is 30.8. The fourth-order valence-corrected chi connectivity index (χ4v) is 6.60. The Bertz CT molecular complexity index is 1990. The van der Waals surface area contributed by atoms with Crippen LogP contribution in [0.1, 0.15) is 6.42 Å². The molecule has 1 aromatic heterocycles. The fraction of sp³-hybridized carbons (Fsp3) is 0.528. The molecule has 4 heterocycles. The molecule has 3 aliphatic heterocycles. The maximum Gasteiger partial charge on any atom is 0.402 e. The first-order chi connectivity index (χ1) is 28.4. The predicted octanol–water partition coefficient (Wildman–Crippen LogP) is -4.30. The third-order valence-electron chi connectivity index (χ3n) is 9.86. The highest BCUT2D eigenvalue weighted by Crippen LogP contribution is 2.43. The SMILES string of the molecule is O=C(O)CC(=O)OC[C@H]1O[C@@H](Oc2cc3c(O[C@@H]4O[C@H](CO)[C@@H](O)[C@H](O)[C@H]4O)cc(O)cc3[o+]c2-c2ccc(O)c(O)c2)[C@H](O[C@@H]2O[C@H](CO)[C@@H](O)[C@H](O)[C@H]2O)[C@@H](O)[C@@H]1O. The summed E-state index contributed by atoms with van der Waals surface area (Å²) in [4.78, 5) is 23.1. The number of aliphatic hydroxyl groups excluding tert-OH is 10. The number of carbonyl (C=O) groups excluding carboxylic acids is 1. The van der Waals surface area contributed by atoms with Gasteiger partial charge >= 0.3 is 23.3 Å². The van der Waals surface area contributed by atoms with Gasteiger partial charge in [0.05, 0.1) is 24.8 Å². The van der Waals surface area contributed by atoms with Crippen LogP contribution in [-0.4, -0.2) is 195 Å². The molecular weight excluding hydrogens is 816 g/mol. The first-order valence-electron chi connectivity index (χ1n) is 18.1. The number of carbonyl (C=O) groups is 2. The molecule has 0 amide bonds. The van der Waals surface area contributed by atoms with E-state index in [1.807, 2.05) is 0 Å². The molecule has 14 N–H and O–H groups in total. The standard InChI is InChI=1S/C36H42O24/c37-8-19-24(45)27(48)30(51)34(57-19)55-17-5-12(39)4-16-13(17)6-18(32(54-16)11-1-2-14(40)15(41)3-11)56-36-33(60-35-31(52)28(49)25(46)20(9-38)58-35)29(50)26(47)21(59-36)10-53-23(44)7-22(42)43/h1-6,19-21,24-31,33-38,45-52H,7-10H2,(H3-,39,40,41,42,43)/p+1/t19-,20-,21-,24-,25-,26-,27+,28+,29+,30-,31-,33-,34-,35+,36-/m1/s1. The summed E-state index contributed by atoms with van der Waals surface area (Å²) in [5.74, 6) is -5.64. The van der Waals surface area contributed by atoms with Gasteiger partial charge in [-0.1, -0.05) is 0 Å². The number of esters is 1. The van der Waals surface area contributed by atoms with Gasteiger partial charge in [0.25, 0.3) is 0 Å². The van der Waals surface area contributed by atoms with Crippen LogP contribution in [0.3, 0.4) is 0 Å². The molecule has 3 fully saturated rings. The second-order valence-corrected chi connectivity index (χ2v) is 14.0. The number of fused-ring (bicyclic) bond motifs is 1. The van der Waals surface area contributed by atoms with Gasteiger partial charge < -0.3 is 105 Å². The minimum absolute atomic E-state index is 0.0381. The second-order valence-electron chi connectivity index (χ2n) is 14.0. The molecule has 0 aliphatic carbocycles. The number of phenols is 3. The first kappa shape index (κ1) is 44.8. The summed E-state index contributed by atoms with van der Waals surface area (Å²) < 4.78 is 45.6. The lowest BCUT2D eigenvalue weighted by atomic mass is 9.97. The van der Waals surface area contributed by atoms with Crippen LogP contribution in [0.2, 0.25) is 0 Å². The van der Waals surface area contributed by atoms with Gasteiger partial charge in [0.1, 0.15) is 97.1 Å². The van der Waals surface area contributed by atoms with E-state index in [4.69, 9.17) is 42.7 Å². The van der Waals surface area contributed by atoms with Gasteiger partial charge in [0.15, 0.2) is 23.9 Å². The summed E-state index contributed by atoms with van der Waals surface area (Å²) in [6.45, 7) is -2.57. The maximum absolute atomic E-state index is 12.1. The highest BCUT2D eigenvalue weighted by atomic mass is 16.8. The number of ether oxygens (including phenoxy) is 7. The molecular formula is C36H43O24+. The first-order valence-corrected chi connectivity index (χ1v) is 18.1. The zero-order valence-electron chi connectivity index (χ0n) is 30.8. The summed E-state index contributed by atoms with van der Waals surface area (Å²) in [6, 6.07) is 6.59. The lowest BCUT2D eigenvalue weighted by Crippen LogP contribution is -2.65. The van der Waals surface area contributed by atoms with Crippen LogP contribution in [0.4, 0.5) is 0 Å². The van der Waals surface area contributed by atoms with Crippen molar-refractivity contribution in [1.82, 2.24) is 0 Å². The van der Waals surface area contributed by atoms with Gasteiger partial charge in [-0.05, 0) is 12.1 Å². The quantitative estimate of drug-likeness (QED) is 0.0335. The number of hydrogen-bond donors (Lipinski definition) is 14. The van der Waals surface area contributed by atoms with Crippen molar-refractivity contribution in [3.63, 3.8) is 0 Å². The monoisotopic (exact) mass is 859 g/mol. The van der Waals surface area contributed by atoms with Gasteiger partial charge in [-0.15, -0.1) is 0 Å². The van der Waals surface area contributed by atoms with Crippen molar-refractivity contribution in [2.45, 2.75) is 98.5 Å². The number of benzene rings is 2.